The van der Waals surface area contributed by atoms with E-state index in [0.29, 0.717) is 25.9 Å². The summed E-state index contributed by atoms with van der Waals surface area (Å²) in [6.07, 6.45) is -0.438. The van der Waals surface area contributed by atoms with Gasteiger partial charge >= 0.3 is 6.09 Å². The molecule has 1 heterocycles. The minimum Gasteiger partial charge on any atom is -0.444 e. The van der Waals surface area contributed by atoms with Gasteiger partial charge in [-0.05, 0) is 45.4 Å². The number of nitrogens with zero attached hydrogens (tertiary/aromatic N) is 1. The number of hydrogen-bond donors (Lipinski definition) is 2. The van der Waals surface area contributed by atoms with Gasteiger partial charge in [-0.15, -0.1) is 0 Å². The molecule has 2 aliphatic rings. The van der Waals surface area contributed by atoms with E-state index in [4.69, 9.17) is 4.74 Å². The summed E-state index contributed by atoms with van der Waals surface area (Å²) in [4.78, 5) is 13.6. The molecule has 1 saturated heterocycles. The average molecular weight is 257 g/mol. The van der Waals surface area contributed by atoms with Crippen molar-refractivity contribution < 1.29 is 19.7 Å². The molecule has 2 N–H and O–H groups in total. The van der Waals surface area contributed by atoms with Crippen LogP contribution in [0.1, 0.15) is 33.6 Å². The molecule has 1 aliphatic carbocycles. The first kappa shape index (κ1) is 13.6. The summed E-state index contributed by atoms with van der Waals surface area (Å²) in [5.74, 6) is 0.576. The first-order valence-corrected chi connectivity index (χ1v) is 6.60. The summed E-state index contributed by atoms with van der Waals surface area (Å²) in [5.41, 5.74) is -0.482. The van der Waals surface area contributed by atoms with E-state index in [1.807, 2.05) is 20.8 Å². The average Bonchev–Trinajstić information content (AvgIpc) is 2.59. The molecule has 0 aromatic carbocycles. The molecule has 2 fully saturated rings. The maximum absolute atomic E-state index is 11.9. The number of carbonyl (C=O) groups is 1. The van der Waals surface area contributed by atoms with Gasteiger partial charge in [0.1, 0.15) is 5.60 Å². The zero-order valence-electron chi connectivity index (χ0n) is 11.3. The Morgan fingerprint density at radius 2 is 1.56 bits per heavy atom. The third-order valence-electron chi connectivity index (χ3n) is 3.76. The van der Waals surface area contributed by atoms with E-state index >= 15 is 0 Å². The zero-order chi connectivity index (χ0) is 13.5. The van der Waals surface area contributed by atoms with Crippen molar-refractivity contribution >= 4 is 6.09 Å². The van der Waals surface area contributed by atoms with E-state index in [1.165, 1.54) is 0 Å². The molecule has 1 aliphatic heterocycles. The molecule has 0 aromatic rings. The van der Waals surface area contributed by atoms with Gasteiger partial charge in [-0.3, -0.25) is 0 Å². The minimum atomic E-state index is -0.648. The summed E-state index contributed by atoms with van der Waals surface area (Å²) < 4.78 is 5.34. The Balaban J connectivity index is 1.94. The number of rotatable bonds is 0. The van der Waals surface area contributed by atoms with Gasteiger partial charge in [0.15, 0.2) is 0 Å². The molecule has 1 amide bonds. The maximum atomic E-state index is 11.9. The van der Waals surface area contributed by atoms with Crippen molar-refractivity contribution in [3.8, 4) is 0 Å². The van der Waals surface area contributed by atoms with Crippen LogP contribution in [0.4, 0.5) is 4.79 Å². The van der Waals surface area contributed by atoms with Crippen molar-refractivity contribution in [1.82, 2.24) is 4.90 Å². The number of carbonyl (C=O) groups excluding carboxylic acids is 1. The largest absolute Gasteiger partial charge is 0.444 e. The van der Waals surface area contributed by atoms with Crippen LogP contribution < -0.4 is 0 Å². The Kier molecular flexibility index (Phi) is 3.56. The second-order valence-corrected chi connectivity index (χ2v) is 6.51. The van der Waals surface area contributed by atoms with Crippen LogP contribution in [0.15, 0.2) is 0 Å². The highest BCUT2D eigenvalue weighted by Gasteiger charge is 2.43. The summed E-state index contributed by atoms with van der Waals surface area (Å²) >= 11 is 0. The van der Waals surface area contributed by atoms with Crippen LogP contribution in [0.3, 0.4) is 0 Å². The van der Waals surface area contributed by atoms with Gasteiger partial charge < -0.3 is 19.8 Å². The molecule has 0 bridgehead atoms. The van der Waals surface area contributed by atoms with Crippen LogP contribution in [-0.4, -0.2) is 52.1 Å². The van der Waals surface area contributed by atoms with Crippen LogP contribution in [0.2, 0.25) is 0 Å². The number of aliphatic hydroxyl groups excluding tert-OH is 2. The molecule has 5 nitrogen and oxygen atoms in total. The first-order chi connectivity index (χ1) is 8.26. The van der Waals surface area contributed by atoms with E-state index in [1.54, 1.807) is 4.90 Å². The predicted molar refractivity (Wildman–Crippen MR) is 66.0 cm³/mol. The van der Waals surface area contributed by atoms with Gasteiger partial charge in [0, 0.05) is 13.1 Å². The molecule has 0 spiro atoms. The lowest BCUT2D eigenvalue weighted by Gasteiger charge is -2.31. The fourth-order valence-electron chi connectivity index (χ4n) is 2.88. The maximum Gasteiger partial charge on any atom is 0.410 e. The Labute approximate surface area is 108 Å². The third kappa shape index (κ3) is 2.95. The van der Waals surface area contributed by atoms with E-state index in [2.05, 4.69) is 0 Å². The zero-order valence-corrected chi connectivity index (χ0v) is 11.3. The molecular weight excluding hydrogens is 234 g/mol. The second kappa shape index (κ2) is 4.70. The van der Waals surface area contributed by atoms with Crippen molar-refractivity contribution in [2.45, 2.75) is 51.4 Å². The summed E-state index contributed by atoms with van der Waals surface area (Å²) in [6.45, 7) is 6.80. The number of hydrogen-bond acceptors (Lipinski definition) is 4. The molecule has 1 saturated carbocycles. The number of amides is 1. The van der Waals surface area contributed by atoms with E-state index < -0.39 is 17.8 Å². The van der Waals surface area contributed by atoms with Gasteiger partial charge in [0.2, 0.25) is 0 Å². The van der Waals surface area contributed by atoms with E-state index in [0.717, 1.165) is 0 Å². The second-order valence-electron chi connectivity index (χ2n) is 6.51. The fourth-order valence-corrected chi connectivity index (χ4v) is 2.88. The van der Waals surface area contributed by atoms with Crippen LogP contribution in [0.25, 0.3) is 0 Å². The van der Waals surface area contributed by atoms with E-state index in [9.17, 15) is 15.0 Å². The van der Waals surface area contributed by atoms with Crippen molar-refractivity contribution in [2.24, 2.45) is 11.8 Å². The molecule has 0 radical (unpaired) electrons. The highest BCUT2D eigenvalue weighted by atomic mass is 16.6. The Hall–Kier alpha value is -0.810. The van der Waals surface area contributed by atoms with Crippen molar-refractivity contribution in [2.75, 3.05) is 13.1 Å². The Morgan fingerprint density at radius 3 is 1.94 bits per heavy atom. The molecule has 4 unspecified atom stereocenters. The Bertz CT molecular complexity index is 307. The van der Waals surface area contributed by atoms with Gasteiger partial charge in [-0.25, -0.2) is 4.79 Å². The molecule has 104 valence electrons. The smallest absolute Gasteiger partial charge is 0.410 e. The van der Waals surface area contributed by atoms with E-state index in [-0.39, 0.29) is 17.9 Å². The molecular formula is C13H23NO4. The monoisotopic (exact) mass is 257 g/mol. The van der Waals surface area contributed by atoms with Crippen LogP contribution >= 0.6 is 0 Å². The number of fused-ring (bicyclic) bond motifs is 1. The van der Waals surface area contributed by atoms with Crippen molar-refractivity contribution in [3.05, 3.63) is 0 Å². The number of ether oxygens (including phenoxy) is 1. The topological polar surface area (TPSA) is 70.0 Å². The van der Waals surface area contributed by atoms with Gasteiger partial charge in [0.05, 0.1) is 12.2 Å². The first-order valence-electron chi connectivity index (χ1n) is 6.60. The van der Waals surface area contributed by atoms with Gasteiger partial charge in [0.25, 0.3) is 0 Å². The van der Waals surface area contributed by atoms with Crippen molar-refractivity contribution in [1.29, 1.82) is 0 Å². The SMILES string of the molecule is CC(C)(C)OC(=O)N1CC2CC(O)C(O)CC2C1. The van der Waals surface area contributed by atoms with Crippen molar-refractivity contribution in [3.63, 3.8) is 0 Å². The normalized spacial score (nSPS) is 36.4. The molecule has 5 heteroatoms. The molecule has 18 heavy (non-hydrogen) atoms. The van der Waals surface area contributed by atoms with Crippen LogP contribution in [-0.2, 0) is 4.74 Å². The van der Waals surface area contributed by atoms with Gasteiger partial charge in [-0.1, -0.05) is 0 Å². The standard InChI is InChI=1S/C13H23NO4/c1-13(2,3)18-12(17)14-6-8-4-10(15)11(16)5-9(8)7-14/h8-11,15-16H,4-7H2,1-3H3. The van der Waals surface area contributed by atoms with Crippen LogP contribution in [0.5, 0.6) is 0 Å². The number of aliphatic hydroxyl groups is 2. The van der Waals surface area contributed by atoms with Crippen LogP contribution in [0, 0.1) is 11.8 Å². The highest BCUT2D eigenvalue weighted by Crippen LogP contribution is 2.36. The molecule has 2 rings (SSSR count). The highest BCUT2D eigenvalue weighted by molar-refractivity contribution is 5.68. The van der Waals surface area contributed by atoms with Gasteiger partial charge in [-0.2, -0.15) is 0 Å². The molecule has 4 atom stereocenters. The molecule has 0 aromatic heterocycles. The lowest BCUT2D eigenvalue weighted by Crippen LogP contribution is -2.38. The lowest BCUT2D eigenvalue weighted by atomic mass is 9.79. The number of likely N-dealkylation sites (tertiary alicyclic amines) is 1. The summed E-state index contributed by atoms with van der Waals surface area (Å²) in [7, 11) is 0. The predicted octanol–water partition coefficient (Wildman–Crippen LogP) is 0.985. The Morgan fingerprint density at radius 1 is 1.11 bits per heavy atom. The minimum absolute atomic E-state index is 0.288. The summed E-state index contributed by atoms with van der Waals surface area (Å²) in [5, 5.41) is 19.3. The quantitative estimate of drug-likeness (QED) is 0.679. The third-order valence-corrected chi connectivity index (χ3v) is 3.76. The summed E-state index contributed by atoms with van der Waals surface area (Å²) in [6, 6.07) is 0. The lowest BCUT2D eigenvalue weighted by molar-refractivity contribution is -0.0372. The fraction of sp³-hybridized carbons (Fsp3) is 0.923.